The Hall–Kier alpha value is -4.40. The van der Waals surface area contributed by atoms with Gasteiger partial charge in [-0.25, -0.2) is 0 Å². The zero-order chi connectivity index (χ0) is 32.4. The molecule has 1 N–H and O–H groups in total. The highest BCUT2D eigenvalue weighted by Gasteiger charge is 2.29. The lowest BCUT2D eigenvalue weighted by Crippen LogP contribution is -2.33. The quantitative estimate of drug-likeness (QED) is 0.208. The lowest BCUT2D eigenvalue weighted by atomic mass is 9.88. The lowest BCUT2D eigenvalue weighted by Gasteiger charge is -2.35. The molecule has 0 unspecified atom stereocenters. The van der Waals surface area contributed by atoms with E-state index in [-0.39, 0.29) is 17.8 Å². The Bertz CT molecular complexity index is 1690. The molecular formula is C38H44N2O6. The van der Waals surface area contributed by atoms with Crippen molar-refractivity contribution in [2.45, 2.75) is 37.8 Å². The van der Waals surface area contributed by atoms with E-state index in [4.69, 9.17) is 23.7 Å². The monoisotopic (exact) mass is 624 g/mol. The molecule has 242 valence electrons. The highest BCUT2D eigenvalue weighted by molar-refractivity contribution is 5.52. The maximum Gasteiger partial charge on any atom is 0.169 e. The van der Waals surface area contributed by atoms with Crippen LogP contribution in [0.2, 0.25) is 0 Å². The fourth-order valence-corrected chi connectivity index (χ4v) is 6.87. The Labute approximate surface area is 272 Å². The largest absolute Gasteiger partial charge is 0.504 e. The van der Waals surface area contributed by atoms with Crippen LogP contribution in [0.15, 0.2) is 66.7 Å². The number of fused-ring (bicyclic) bond motifs is 2. The predicted molar refractivity (Wildman–Crippen MR) is 179 cm³/mol. The van der Waals surface area contributed by atoms with Gasteiger partial charge in [-0.1, -0.05) is 18.2 Å². The molecule has 0 saturated heterocycles. The zero-order valence-electron chi connectivity index (χ0n) is 27.6. The molecule has 2 atom stereocenters. The molecule has 0 fully saturated rings. The maximum atomic E-state index is 10.7. The Balaban J connectivity index is 1.18. The second-order valence-electron chi connectivity index (χ2n) is 12.3. The van der Waals surface area contributed by atoms with Crippen LogP contribution in [-0.2, 0) is 25.7 Å². The Kier molecular flexibility index (Phi) is 9.29. The number of rotatable bonds is 10. The first-order valence-electron chi connectivity index (χ1n) is 15.8. The summed E-state index contributed by atoms with van der Waals surface area (Å²) in [6.07, 6.45) is 3.55. The van der Waals surface area contributed by atoms with Crippen LogP contribution in [0.3, 0.4) is 0 Å². The first-order chi connectivity index (χ1) is 22.3. The van der Waals surface area contributed by atoms with Gasteiger partial charge in [0.15, 0.2) is 34.5 Å². The highest BCUT2D eigenvalue weighted by atomic mass is 16.5. The van der Waals surface area contributed by atoms with Crippen LogP contribution in [0.1, 0.15) is 45.5 Å². The Morgan fingerprint density at radius 2 is 1.04 bits per heavy atom. The van der Waals surface area contributed by atoms with Crippen molar-refractivity contribution in [3.05, 3.63) is 100 Å². The van der Waals surface area contributed by atoms with Gasteiger partial charge in [-0.05, 0) is 122 Å². The predicted octanol–water partition coefficient (Wildman–Crippen LogP) is 6.76. The van der Waals surface area contributed by atoms with Crippen molar-refractivity contribution in [3.63, 3.8) is 0 Å². The molecule has 0 aliphatic carbocycles. The molecule has 46 heavy (non-hydrogen) atoms. The maximum absolute atomic E-state index is 10.7. The van der Waals surface area contributed by atoms with E-state index in [1.165, 1.54) is 27.8 Å². The van der Waals surface area contributed by atoms with Gasteiger partial charge in [-0.15, -0.1) is 0 Å². The third-order valence-corrected chi connectivity index (χ3v) is 9.57. The molecule has 0 amide bonds. The van der Waals surface area contributed by atoms with Crippen molar-refractivity contribution in [3.8, 4) is 40.2 Å². The molecule has 8 nitrogen and oxygen atoms in total. The second kappa shape index (κ2) is 13.5. The molecule has 0 spiro atoms. The molecule has 0 aromatic heterocycles. The number of methoxy groups -OCH3 is 4. The minimum absolute atomic E-state index is 0.112. The van der Waals surface area contributed by atoms with E-state index < -0.39 is 0 Å². The summed E-state index contributed by atoms with van der Waals surface area (Å²) in [6.45, 7) is 1.93. The van der Waals surface area contributed by atoms with Gasteiger partial charge in [-0.3, -0.25) is 9.80 Å². The number of likely N-dealkylation sites (N-methyl/N-ethyl adjacent to an activating group) is 2. The normalized spacial score (nSPS) is 18.0. The van der Waals surface area contributed by atoms with E-state index in [1.807, 2.05) is 24.3 Å². The molecule has 4 aromatic rings. The van der Waals surface area contributed by atoms with Crippen LogP contribution < -0.4 is 23.7 Å². The fourth-order valence-electron chi connectivity index (χ4n) is 6.87. The summed E-state index contributed by atoms with van der Waals surface area (Å²) in [7, 11) is 11.0. The first kappa shape index (κ1) is 31.6. The molecule has 2 heterocycles. The van der Waals surface area contributed by atoms with Crippen molar-refractivity contribution in [1.29, 1.82) is 0 Å². The van der Waals surface area contributed by atoms with Crippen LogP contribution >= 0.6 is 0 Å². The van der Waals surface area contributed by atoms with Gasteiger partial charge in [0.05, 0.1) is 28.4 Å². The molecule has 8 heteroatoms. The van der Waals surface area contributed by atoms with E-state index in [0.717, 1.165) is 67.3 Å². The van der Waals surface area contributed by atoms with Crippen LogP contribution in [-0.4, -0.2) is 70.5 Å². The van der Waals surface area contributed by atoms with Gasteiger partial charge in [0.2, 0.25) is 0 Å². The van der Waals surface area contributed by atoms with E-state index >= 15 is 0 Å². The molecular weight excluding hydrogens is 580 g/mol. The smallest absolute Gasteiger partial charge is 0.169 e. The summed E-state index contributed by atoms with van der Waals surface area (Å²) in [6, 6.07) is 22.6. The van der Waals surface area contributed by atoms with Gasteiger partial charge in [0, 0.05) is 25.2 Å². The topological polar surface area (TPSA) is 72.9 Å². The first-order valence-corrected chi connectivity index (χ1v) is 15.8. The molecule has 6 rings (SSSR count). The van der Waals surface area contributed by atoms with Crippen molar-refractivity contribution >= 4 is 0 Å². The zero-order valence-corrected chi connectivity index (χ0v) is 27.6. The number of phenolic OH excluding ortho intramolecular Hbond substituents is 1. The molecule has 2 aliphatic rings. The van der Waals surface area contributed by atoms with Crippen LogP contribution in [0.5, 0.6) is 40.2 Å². The number of benzene rings is 4. The lowest BCUT2D eigenvalue weighted by molar-refractivity contribution is 0.227. The summed E-state index contributed by atoms with van der Waals surface area (Å²) >= 11 is 0. The van der Waals surface area contributed by atoms with E-state index in [2.05, 4.69) is 60.3 Å². The molecule has 0 radical (unpaired) electrons. The molecule has 2 aliphatic heterocycles. The number of phenols is 1. The van der Waals surface area contributed by atoms with Gasteiger partial charge in [-0.2, -0.15) is 0 Å². The van der Waals surface area contributed by atoms with Gasteiger partial charge >= 0.3 is 0 Å². The SMILES string of the molecule is COc1cc2c(cc1OC)[C@H](Cc1ccc(Oc3cc(C[C@H]4c5cc(OC)c(OC)cc5CCN4C)ccc3O)cc1)N(C)CC2. The number of ether oxygens (including phenoxy) is 5. The second-order valence-corrected chi connectivity index (χ2v) is 12.3. The van der Waals surface area contributed by atoms with E-state index in [0.29, 0.717) is 11.5 Å². The highest BCUT2D eigenvalue weighted by Crippen LogP contribution is 2.41. The number of hydrogen-bond acceptors (Lipinski definition) is 8. The minimum Gasteiger partial charge on any atom is -0.504 e. The minimum atomic E-state index is 0.112. The third kappa shape index (κ3) is 6.32. The molecule has 0 bridgehead atoms. The van der Waals surface area contributed by atoms with Crippen LogP contribution in [0.25, 0.3) is 0 Å². The van der Waals surface area contributed by atoms with E-state index in [9.17, 15) is 5.11 Å². The van der Waals surface area contributed by atoms with Crippen LogP contribution in [0, 0.1) is 0 Å². The standard InChI is InChI=1S/C38H44N2O6/c1-39-15-13-26-20-35(42-3)37(44-5)22-29(26)31(39)17-24-7-10-28(11-8-24)46-34-19-25(9-12-33(34)41)18-32-30-23-38(45-6)36(43-4)21-27(30)14-16-40(32)2/h7-12,19-23,31-32,41H,13-18H2,1-6H3/t31-,32-/m0/s1. The summed E-state index contributed by atoms with van der Waals surface area (Å²) in [5, 5.41) is 10.7. The van der Waals surface area contributed by atoms with Crippen molar-refractivity contribution in [1.82, 2.24) is 9.80 Å². The summed E-state index contributed by atoms with van der Waals surface area (Å²) in [4.78, 5) is 4.77. The number of hydrogen-bond donors (Lipinski definition) is 1. The van der Waals surface area contributed by atoms with Crippen LogP contribution in [0.4, 0.5) is 0 Å². The van der Waals surface area contributed by atoms with Gasteiger partial charge in [0.1, 0.15) is 5.75 Å². The Morgan fingerprint density at radius 1 is 0.587 bits per heavy atom. The summed E-state index contributed by atoms with van der Waals surface area (Å²) < 4.78 is 28.6. The van der Waals surface area contributed by atoms with Gasteiger partial charge < -0.3 is 28.8 Å². The fraction of sp³-hybridized carbons (Fsp3) is 0.368. The average molecular weight is 625 g/mol. The molecule has 0 saturated carbocycles. The summed E-state index contributed by atoms with van der Waals surface area (Å²) in [5.74, 6) is 4.25. The van der Waals surface area contributed by atoms with E-state index in [1.54, 1.807) is 34.5 Å². The van der Waals surface area contributed by atoms with Crippen molar-refractivity contribution in [2.24, 2.45) is 0 Å². The van der Waals surface area contributed by atoms with Crippen molar-refractivity contribution < 1.29 is 28.8 Å². The van der Waals surface area contributed by atoms with Crippen molar-refractivity contribution in [2.75, 3.05) is 55.6 Å². The third-order valence-electron chi connectivity index (χ3n) is 9.57. The average Bonchev–Trinajstić information content (AvgIpc) is 3.08. The molecule has 4 aromatic carbocycles. The van der Waals surface area contributed by atoms with Gasteiger partial charge in [0.25, 0.3) is 0 Å². The number of aromatic hydroxyl groups is 1. The Morgan fingerprint density at radius 3 is 1.54 bits per heavy atom. The number of nitrogens with zero attached hydrogens (tertiary/aromatic N) is 2. The summed E-state index contributed by atoms with van der Waals surface area (Å²) in [5.41, 5.74) is 7.38.